The van der Waals surface area contributed by atoms with Gasteiger partial charge in [0.15, 0.2) is 0 Å². The van der Waals surface area contributed by atoms with E-state index in [2.05, 4.69) is 20.9 Å². The number of rotatable bonds is 3. The van der Waals surface area contributed by atoms with Gasteiger partial charge in [0, 0.05) is 0 Å². The molecule has 7 nitrogen and oxygen atoms in total. The molecular weight excluding hydrogens is 362 g/mol. The molecule has 0 aliphatic carbocycles. The molecule has 0 atom stereocenters. The van der Waals surface area contributed by atoms with E-state index in [-0.39, 0.29) is 9.50 Å². The molecule has 0 spiro atoms. The molecule has 0 amide bonds. The maximum absolute atomic E-state index is 12.7. The first-order valence-electron chi connectivity index (χ1n) is 5.87. The van der Waals surface area contributed by atoms with Gasteiger partial charge in [0.25, 0.3) is 10.0 Å². The van der Waals surface area contributed by atoms with Gasteiger partial charge in [-0.1, -0.05) is 17.7 Å². The molecule has 0 saturated heterocycles. The lowest BCUT2D eigenvalue weighted by atomic mass is 10.1. The summed E-state index contributed by atoms with van der Waals surface area (Å²) >= 11 is 2.93. The fraction of sp³-hybridized carbons (Fsp3) is 0.250. The summed E-state index contributed by atoms with van der Waals surface area (Å²) in [6, 6.07) is 3.50. The average molecular weight is 374 g/mol. The number of imidazole rings is 1. The largest absolute Gasteiger partial charge is 0.397 e. The lowest BCUT2D eigenvalue weighted by Crippen LogP contribution is -2.15. The minimum atomic E-state index is -3.96. The Labute approximate surface area is 130 Å². The van der Waals surface area contributed by atoms with Crippen LogP contribution in [0.4, 0.5) is 5.82 Å². The van der Waals surface area contributed by atoms with Crippen LogP contribution in [0.15, 0.2) is 28.0 Å². The molecule has 2 aromatic rings. The Morgan fingerprint density at radius 3 is 2.19 bits per heavy atom. The van der Waals surface area contributed by atoms with Crippen molar-refractivity contribution in [3.63, 3.8) is 0 Å². The monoisotopic (exact) mass is 373 g/mol. The summed E-state index contributed by atoms with van der Waals surface area (Å²) in [7, 11) is -3.96. The van der Waals surface area contributed by atoms with Crippen LogP contribution in [0.25, 0.3) is 0 Å². The standard InChI is InChI=1S/C12H12BrN3O4S/c1-7-4-8(2)10(9(3)5-7)21(19,20)15-6-14-12(11(15)13)16(17)18/h4-6H,1-3H3. The van der Waals surface area contributed by atoms with Gasteiger partial charge in [-0.05, 0) is 57.7 Å². The molecule has 2 rings (SSSR count). The lowest BCUT2D eigenvalue weighted by molar-refractivity contribution is -0.390. The second-order valence-corrected chi connectivity index (χ2v) is 7.15. The summed E-state index contributed by atoms with van der Waals surface area (Å²) in [5, 5.41) is 10.8. The van der Waals surface area contributed by atoms with Gasteiger partial charge in [0.05, 0.1) is 4.90 Å². The Hall–Kier alpha value is -1.74. The fourth-order valence-electron chi connectivity index (χ4n) is 2.27. The molecule has 21 heavy (non-hydrogen) atoms. The molecule has 0 aliphatic heterocycles. The number of halogens is 1. The third-order valence-corrected chi connectivity index (χ3v) is 5.88. The summed E-state index contributed by atoms with van der Waals surface area (Å²) in [6.45, 7) is 5.24. The van der Waals surface area contributed by atoms with Gasteiger partial charge in [-0.3, -0.25) is 0 Å². The zero-order valence-corrected chi connectivity index (χ0v) is 13.9. The van der Waals surface area contributed by atoms with Crippen LogP contribution < -0.4 is 0 Å². The van der Waals surface area contributed by atoms with E-state index in [4.69, 9.17) is 0 Å². The molecule has 112 valence electrons. The summed E-state index contributed by atoms with van der Waals surface area (Å²) in [5.74, 6) is -0.541. The van der Waals surface area contributed by atoms with E-state index in [0.29, 0.717) is 11.1 Å². The molecule has 1 aromatic heterocycles. The van der Waals surface area contributed by atoms with Crippen molar-refractivity contribution in [3.05, 3.63) is 49.9 Å². The summed E-state index contributed by atoms with van der Waals surface area (Å²) in [6.07, 6.45) is 0.927. The normalized spacial score (nSPS) is 11.6. The molecule has 1 aromatic carbocycles. The van der Waals surface area contributed by atoms with Gasteiger partial charge >= 0.3 is 5.82 Å². The lowest BCUT2D eigenvalue weighted by Gasteiger charge is -2.12. The number of benzene rings is 1. The Morgan fingerprint density at radius 1 is 1.24 bits per heavy atom. The minimum absolute atomic E-state index is 0.126. The van der Waals surface area contributed by atoms with Gasteiger partial charge in [0.1, 0.15) is 0 Å². The topological polar surface area (TPSA) is 95.1 Å². The van der Waals surface area contributed by atoms with Crippen molar-refractivity contribution in [2.75, 3.05) is 0 Å². The molecule has 0 aliphatic rings. The highest BCUT2D eigenvalue weighted by molar-refractivity contribution is 9.10. The van der Waals surface area contributed by atoms with Crippen LogP contribution in [0.3, 0.4) is 0 Å². The highest BCUT2D eigenvalue weighted by atomic mass is 79.9. The van der Waals surface area contributed by atoms with Crippen molar-refractivity contribution in [2.45, 2.75) is 25.7 Å². The van der Waals surface area contributed by atoms with Crippen LogP contribution in [-0.4, -0.2) is 22.3 Å². The number of aromatic nitrogens is 2. The highest BCUT2D eigenvalue weighted by Crippen LogP contribution is 2.30. The number of nitro groups is 1. The van der Waals surface area contributed by atoms with Gasteiger partial charge in [-0.2, -0.15) is 3.97 Å². The first-order valence-corrected chi connectivity index (χ1v) is 8.10. The molecule has 9 heteroatoms. The van der Waals surface area contributed by atoms with E-state index < -0.39 is 20.8 Å². The predicted octanol–water partition coefficient (Wildman–Crippen LogP) is 2.72. The first-order chi connectivity index (χ1) is 9.66. The van der Waals surface area contributed by atoms with E-state index in [1.807, 2.05) is 6.92 Å². The third-order valence-electron chi connectivity index (χ3n) is 2.96. The number of aryl methyl sites for hydroxylation is 3. The number of nitrogens with zero attached hydrogens (tertiary/aromatic N) is 3. The van der Waals surface area contributed by atoms with Crippen molar-refractivity contribution in [2.24, 2.45) is 0 Å². The van der Waals surface area contributed by atoms with Crippen LogP contribution in [0.1, 0.15) is 16.7 Å². The molecular formula is C12H12BrN3O4S. The Balaban J connectivity index is 2.72. The molecule has 0 fully saturated rings. The Bertz CT molecular complexity index is 819. The van der Waals surface area contributed by atoms with E-state index >= 15 is 0 Å². The van der Waals surface area contributed by atoms with Gasteiger partial charge in [0.2, 0.25) is 10.9 Å². The van der Waals surface area contributed by atoms with E-state index in [9.17, 15) is 18.5 Å². The quantitative estimate of drug-likeness (QED) is 0.608. The van der Waals surface area contributed by atoms with E-state index in [1.165, 1.54) is 0 Å². The molecule has 0 bridgehead atoms. The van der Waals surface area contributed by atoms with Crippen LogP contribution >= 0.6 is 15.9 Å². The SMILES string of the molecule is Cc1cc(C)c(S(=O)(=O)n2cnc([N+](=O)[O-])c2Br)c(C)c1. The minimum Gasteiger partial charge on any atom is -0.358 e. The molecule has 0 unspecified atom stereocenters. The Morgan fingerprint density at radius 2 is 1.76 bits per heavy atom. The summed E-state index contributed by atoms with van der Waals surface area (Å²) in [4.78, 5) is 13.7. The van der Waals surface area contributed by atoms with Crippen LogP contribution in [-0.2, 0) is 10.0 Å². The maximum Gasteiger partial charge on any atom is 0.397 e. The highest BCUT2D eigenvalue weighted by Gasteiger charge is 2.30. The van der Waals surface area contributed by atoms with Crippen molar-refractivity contribution in [1.29, 1.82) is 0 Å². The maximum atomic E-state index is 12.7. The van der Waals surface area contributed by atoms with E-state index in [0.717, 1.165) is 15.9 Å². The van der Waals surface area contributed by atoms with Crippen molar-refractivity contribution < 1.29 is 13.3 Å². The molecule has 1 heterocycles. The van der Waals surface area contributed by atoms with E-state index in [1.54, 1.807) is 26.0 Å². The fourth-order valence-corrected chi connectivity index (χ4v) is 4.77. The molecule has 0 saturated carbocycles. The summed E-state index contributed by atoms with van der Waals surface area (Å²) in [5.41, 5.74) is 2.10. The second-order valence-electron chi connectivity index (χ2n) is 4.64. The second kappa shape index (κ2) is 5.23. The van der Waals surface area contributed by atoms with Crippen molar-refractivity contribution >= 4 is 31.8 Å². The summed E-state index contributed by atoms with van der Waals surface area (Å²) < 4.78 is 26.0. The van der Waals surface area contributed by atoms with Crippen LogP contribution in [0, 0.1) is 30.9 Å². The molecule has 0 radical (unpaired) electrons. The van der Waals surface area contributed by atoms with Gasteiger partial charge in [-0.15, -0.1) is 0 Å². The number of hydrogen-bond donors (Lipinski definition) is 0. The average Bonchev–Trinajstić information content (AvgIpc) is 2.69. The zero-order chi connectivity index (χ0) is 15.9. The first kappa shape index (κ1) is 15.6. The van der Waals surface area contributed by atoms with Crippen LogP contribution in [0.5, 0.6) is 0 Å². The van der Waals surface area contributed by atoms with Crippen molar-refractivity contribution in [1.82, 2.24) is 8.96 Å². The van der Waals surface area contributed by atoms with Gasteiger partial charge < -0.3 is 10.1 Å². The Kier molecular flexibility index (Phi) is 3.89. The smallest absolute Gasteiger partial charge is 0.358 e. The number of hydrogen-bond acceptors (Lipinski definition) is 5. The zero-order valence-electron chi connectivity index (χ0n) is 11.5. The third kappa shape index (κ3) is 2.58. The molecule has 0 N–H and O–H groups in total. The van der Waals surface area contributed by atoms with Crippen LogP contribution in [0.2, 0.25) is 0 Å². The van der Waals surface area contributed by atoms with Gasteiger partial charge in [-0.25, -0.2) is 8.42 Å². The van der Waals surface area contributed by atoms with Crippen molar-refractivity contribution in [3.8, 4) is 0 Å². The predicted molar refractivity (Wildman–Crippen MR) is 79.8 cm³/mol.